The minimum Gasteiger partial charge on any atom is -0.338 e. The fourth-order valence-corrected chi connectivity index (χ4v) is 4.37. The summed E-state index contributed by atoms with van der Waals surface area (Å²) in [5.74, 6) is 2.10. The number of carbonyl (C=O) groups excluding carboxylic acids is 1. The molecule has 1 amide bonds. The van der Waals surface area contributed by atoms with Gasteiger partial charge in [-0.05, 0) is 50.6 Å². The molecule has 1 fully saturated rings. The van der Waals surface area contributed by atoms with Crippen molar-refractivity contribution in [2.75, 3.05) is 36.4 Å². The highest BCUT2D eigenvalue weighted by atomic mass is 35.5. The number of amides is 1. The molecule has 4 aromatic rings. The van der Waals surface area contributed by atoms with E-state index in [0.29, 0.717) is 48.8 Å². The van der Waals surface area contributed by atoms with Gasteiger partial charge in [0.1, 0.15) is 5.52 Å². The SMILES string of the molecule is Cc1cc(Nc2nc(N3CCN(C(=O)C(C)(C)c4ccc(Cl)cc4)CC3)nn3cccc23)n[nH]1. The number of aryl methyl sites for hydroxylation is 1. The van der Waals surface area contributed by atoms with E-state index in [1.165, 1.54) is 0 Å². The molecule has 1 aliphatic heterocycles. The number of H-pyrrole nitrogens is 1. The number of piperazine rings is 1. The van der Waals surface area contributed by atoms with Crippen LogP contribution in [0.1, 0.15) is 25.1 Å². The third-order valence-electron chi connectivity index (χ3n) is 6.28. The molecule has 0 atom stereocenters. The van der Waals surface area contributed by atoms with Crippen LogP contribution >= 0.6 is 11.6 Å². The van der Waals surface area contributed by atoms with Crippen molar-refractivity contribution in [3.05, 3.63) is 64.9 Å². The number of anilines is 3. The van der Waals surface area contributed by atoms with E-state index in [2.05, 4.69) is 25.5 Å². The molecular formula is C24H27ClN8O. The Kier molecular flexibility index (Phi) is 5.65. The second-order valence-corrected chi connectivity index (χ2v) is 9.51. The first-order valence-electron chi connectivity index (χ1n) is 11.3. The van der Waals surface area contributed by atoms with Gasteiger partial charge in [-0.25, -0.2) is 4.52 Å². The smallest absolute Gasteiger partial charge is 0.245 e. The van der Waals surface area contributed by atoms with Crippen molar-refractivity contribution in [3.8, 4) is 0 Å². The van der Waals surface area contributed by atoms with Gasteiger partial charge < -0.3 is 15.1 Å². The minimum atomic E-state index is -0.633. The number of rotatable bonds is 5. The van der Waals surface area contributed by atoms with Crippen LogP contribution in [0.5, 0.6) is 0 Å². The number of hydrogen-bond acceptors (Lipinski definition) is 6. The Labute approximate surface area is 202 Å². The molecule has 4 heterocycles. The maximum Gasteiger partial charge on any atom is 0.245 e. The van der Waals surface area contributed by atoms with Crippen molar-refractivity contribution in [3.63, 3.8) is 0 Å². The van der Waals surface area contributed by atoms with Gasteiger partial charge in [0.2, 0.25) is 11.9 Å². The summed E-state index contributed by atoms with van der Waals surface area (Å²) in [7, 11) is 0. The predicted molar refractivity (Wildman–Crippen MR) is 133 cm³/mol. The first-order chi connectivity index (χ1) is 16.3. The summed E-state index contributed by atoms with van der Waals surface area (Å²) in [6.07, 6.45) is 1.90. The van der Waals surface area contributed by atoms with E-state index < -0.39 is 5.41 Å². The molecule has 0 radical (unpaired) electrons. The first-order valence-corrected chi connectivity index (χ1v) is 11.6. The predicted octanol–water partition coefficient (Wildman–Crippen LogP) is 3.78. The van der Waals surface area contributed by atoms with Gasteiger partial charge in [0.15, 0.2) is 11.6 Å². The fraction of sp³-hybridized carbons (Fsp3) is 0.333. The van der Waals surface area contributed by atoms with Crippen LogP contribution < -0.4 is 10.2 Å². The van der Waals surface area contributed by atoms with Gasteiger partial charge in [-0.2, -0.15) is 10.1 Å². The van der Waals surface area contributed by atoms with Crippen LogP contribution in [0.15, 0.2) is 48.7 Å². The summed E-state index contributed by atoms with van der Waals surface area (Å²) in [6, 6.07) is 13.3. The second kappa shape index (κ2) is 8.64. The number of nitrogens with one attached hydrogen (secondary N) is 2. The molecule has 10 heteroatoms. The van der Waals surface area contributed by atoms with Crippen LogP contribution in [-0.2, 0) is 10.2 Å². The van der Waals surface area contributed by atoms with E-state index in [4.69, 9.17) is 16.6 Å². The summed E-state index contributed by atoms with van der Waals surface area (Å²) < 4.78 is 1.81. The normalized spacial score (nSPS) is 14.6. The third-order valence-corrected chi connectivity index (χ3v) is 6.53. The standard InChI is InChI=1S/C24H27ClN8O/c1-16-15-20(29-28-16)26-21-19-5-4-10-33(19)30-23(27-21)32-13-11-31(12-14-32)22(34)24(2,3)17-6-8-18(25)9-7-17/h4-10,15H,11-14H2,1-3H3,(H2,26,27,28,29,30). The number of hydrogen-bond donors (Lipinski definition) is 2. The average Bonchev–Trinajstić information content (AvgIpc) is 3.47. The van der Waals surface area contributed by atoms with Gasteiger partial charge in [-0.3, -0.25) is 9.89 Å². The third kappa shape index (κ3) is 4.19. The van der Waals surface area contributed by atoms with E-state index in [-0.39, 0.29) is 5.91 Å². The molecule has 2 N–H and O–H groups in total. The van der Waals surface area contributed by atoms with E-state index in [0.717, 1.165) is 16.8 Å². The first kappa shape index (κ1) is 22.2. The van der Waals surface area contributed by atoms with Crippen LogP contribution in [0.3, 0.4) is 0 Å². The van der Waals surface area contributed by atoms with Crippen molar-refractivity contribution >= 4 is 40.6 Å². The maximum absolute atomic E-state index is 13.4. The van der Waals surface area contributed by atoms with Crippen molar-refractivity contribution < 1.29 is 4.79 Å². The van der Waals surface area contributed by atoms with E-state index in [1.54, 1.807) is 0 Å². The number of carbonyl (C=O) groups is 1. The fourth-order valence-electron chi connectivity index (χ4n) is 4.25. The Morgan fingerprint density at radius 1 is 1.12 bits per heavy atom. The van der Waals surface area contributed by atoms with Crippen LogP contribution in [-0.4, -0.2) is 61.8 Å². The van der Waals surface area contributed by atoms with Gasteiger partial charge in [0.05, 0.1) is 5.41 Å². The number of nitrogens with zero attached hydrogens (tertiary/aromatic N) is 6. The van der Waals surface area contributed by atoms with Gasteiger partial charge in [0, 0.05) is 49.2 Å². The van der Waals surface area contributed by atoms with Gasteiger partial charge in [-0.15, -0.1) is 5.10 Å². The molecule has 5 rings (SSSR count). The number of fused-ring (bicyclic) bond motifs is 1. The number of aromatic amines is 1. The molecule has 1 saturated heterocycles. The van der Waals surface area contributed by atoms with Crippen molar-refractivity contribution in [2.45, 2.75) is 26.2 Å². The molecule has 1 aromatic carbocycles. The summed E-state index contributed by atoms with van der Waals surface area (Å²) >= 11 is 6.03. The molecule has 0 bridgehead atoms. The molecular weight excluding hydrogens is 452 g/mol. The molecule has 0 unspecified atom stereocenters. The van der Waals surface area contributed by atoms with Gasteiger partial charge in [-0.1, -0.05) is 23.7 Å². The Morgan fingerprint density at radius 2 is 1.85 bits per heavy atom. The molecule has 1 aliphatic rings. The van der Waals surface area contributed by atoms with E-state index >= 15 is 0 Å². The molecule has 34 heavy (non-hydrogen) atoms. The Morgan fingerprint density at radius 3 is 2.53 bits per heavy atom. The molecule has 0 saturated carbocycles. The summed E-state index contributed by atoms with van der Waals surface area (Å²) in [5.41, 5.74) is 2.15. The van der Waals surface area contributed by atoms with Crippen LogP contribution in [0, 0.1) is 6.92 Å². The van der Waals surface area contributed by atoms with Crippen LogP contribution in [0.25, 0.3) is 5.52 Å². The zero-order chi connectivity index (χ0) is 23.9. The Hall–Kier alpha value is -3.59. The Bertz CT molecular complexity index is 1320. The zero-order valence-corrected chi connectivity index (χ0v) is 20.2. The lowest BCUT2D eigenvalue weighted by atomic mass is 9.83. The molecule has 3 aromatic heterocycles. The summed E-state index contributed by atoms with van der Waals surface area (Å²) in [6.45, 7) is 8.37. The molecule has 0 aliphatic carbocycles. The topological polar surface area (TPSA) is 94.5 Å². The summed E-state index contributed by atoms with van der Waals surface area (Å²) in [4.78, 5) is 22.2. The number of aromatic nitrogens is 5. The molecule has 0 spiro atoms. The second-order valence-electron chi connectivity index (χ2n) is 9.07. The highest BCUT2D eigenvalue weighted by Gasteiger charge is 2.35. The summed E-state index contributed by atoms with van der Waals surface area (Å²) in [5, 5.41) is 15.8. The lowest BCUT2D eigenvalue weighted by molar-refractivity contribution is -0.136. The zero-order valence-electron chi connectivity index (χ0n) is 19.4. The van der Waals surface area contributed by atoms with E-state index in [1.807, 2.05) is 78.8 Å². The number of benzene rings is 1. The minimum absolute atomic E-state index is 0.104. The Balaban J connectivity index is 1.32. The van der Waals surface area contributed by atoms with Crippen molar-refractivity contribution in [1.29, 1.82) is 0 Å². The number of halogens is 1. The monoisotopic (exact) mass is 478 g/mol. The average molecular weight is 479 g/mol. The molecule has 9 nitrogen and oxygen atoms in total. The lowest BCUT2D eigenvalue weighted by Gasteiger charge is -2.38. The van der Waals surface area contributed by atoms with Gasteiger partial charge >= 0.3 is 0 Å². The quantitative estimate of drug-likeness (QED) is 0.453. The highest BCUT2D eigenvalue weighted by Crippen LogP contribution is 2.28. The molecule has 176 valence electrons. The van der Waals surface area contributed by atoms with E-state index in [9.17, 15) is 4.79 Å². The van der Waals surface area contributed by atoms with Crippen molar-refractivity contribution in [1.82, 2.24) is 29.7 Å². The van der Waals surface area contributed by atoms with Crippen LogP contribution in [0.2, 0.25) is 5.02 Å². The van der Waals surface area contributed by atoms with Crippen molar-refractivity contribution in [2.24, 2.45) is 0 Å². The highest BCUT2D eigenvalue weighted by molar-refractivity contribution is 6.30. The lowest BCUT2D eigenvalue weighted by Crippen LogP contribution is -2.53. The van der Waals surface area contributed by atoms with Crippen LogP contribution in [0.4, 0.5) is 17.6 Å². The maximum atomic E-state index is 13.4. The largest absolute Gasteiger partial charge is 0.338 e. The van der Waals surface area contributed by atoms with Gasteiger partial charge in [0.25, 0.3) is 0 Å².